The molecule has 2 aromatic carbocycles. The van der Waals surface area contributed by atoms with E-state index in [0.29, 0.717) is 23.3 Å². The summed E-state index contributed by atoms with van der Waals surface area (Å²) >= 11 is 5.12. The van der Waals surface area contributed by atoms with Crippen LogP contribution in [0.25, 0.3) is 0 Å². The Balaban J connectivity index is 2.05. The molecule has 0 saturated heterocycles. The molecular formula is C17H16F4N2O2S. The molecule has 0 aliphatic heterocycles. The third kappa shape index (κ3) is 5.22. The van der Waals surface area contributed by atoms with Gasteiger partial charge < -0.3 is 20.1 Å². The minimum atomic E-state index is -4.62. The normalized spacial score (nSPS) is 11.0. The summed E-state index contributed by atoms with van der Waals surface area (Å²) < 4.78 is 61.9. The molecule has 9 heteroatoms. The zero-order valence-electron chi connectivity index (χ0n) is 13.9. The van der Waals surface area contributed by atoms with E-state index < -0.39 is 17.6 Å². The Morgan fingerprint density at radius 3 is 2.42 bits per heavy atom. The molecule has 140 valence electrons. The molecule has 0 heterocycles. The molecule has 0 aromatic heterocycles. The number of benzene rings is 2. The van der Waals surface area contributed by atoms with E-state index in [-0.39, 0.29) is 17.2 Å². The molecule has 26 heavy (non-hydrogen) atoms. The second kappa shape index (κ2) is 8.22. The highest BCUT2D eigenvalue weighted by Crippen LogP contribution is 2.31. The van der Waals surface area contributed by atoms with Gasteiger partial charge in [-0.2, -0.15) is 13.2 Å². The summed E-state index contributed by atoms with van der Waals surface area (Å²) in [6, 6.07) is 7.34. The SMILES string of the molecule is COc1ccc(NC(=S)NCc2cc(F)cc(C(F)(F)F)c2)c(OC)c1. The Kier molecular flexibility index (Phi) is 6.25. The minimum Gasteiger partial charge on any atom is -0.497 e. The largest absolute Gasteiger partial charge is 0.497 e. The molecule has 0 aliphatic carbocycles. The summed E-state index contributed by atoms with van der Waals surface area (Å²) in [5, 5.41) is 5.74. The van der Waals surface area contributed by atoms with E-state index in [1.54, 1.807) is 18.2 Å². The van der Waals surface area contributed by atoms with Gasteiger partial charge in [0.25, 0.3) is 0 Å². The maximum absolute atomic E-state index is 13.4. The van der Waals surface area contributed by atoms with E-state index in [9.17, 15) is 17.6 Å². The van der Waals surface area contributed by atoms with Gasteiger partial charge in [-0.3, -0.25) is 0 Å². The van der Waals surface area contributed by atoms with E-state index >= 15 is 0 Å². The Morgan fingerprint density at radius 2 is 1.81 bits per heavy atom. The fourth-order valence-electron chi connectivity index (χ4n) is 2.17. The van der Waals surface area contributed by atoms with E-state index in [2.05, 4.69) is 10.6 Å². The zero-order chi connectivity index (χ0) is 19.3. The molecule has 0 spiro atoms. The van der Waals surface area contributed by atoms with Crippen molar-refractivity contribution in [2.24, 2.45) is 0 Å². The van der Waals surface area contributed by atoms with Crippen LogP contribution in [0.3, 0.4) is 0 Å². The maximum Gasteiger partial charge on any atom is 0.416 e. The van der Waals surface area contributed by atoms with Gasteiger partial charge in [0.1, 0.15) is 17.3 Å². The van der Waals surface area contributed by atoms with Crippen LogP contribution < -0.4 is 20.1 Å². The van der Waals surface area contributed by atoms with Gasteiger partial charge in [0.05, 0.1) is 25.5 Å². The lowest BCUT2D eigenvalue weighted by molar-refractivity contribution is -0.137. The van der Waals surface area contributed by atoms with Crippen molar-refractivity contribution in [1.82, 2.24) is 5.32 Å². The van der Waals surface area contributed by atoms with Crippen LogP contribution in [0.1, 0.15) is 11.1 Å². The fraction of sp³-hybridized carbons (Fsp3) is 0.235. The molecule has 2 rings (SSSR count). The molecule has 4 nitrogen and oxygen atoms in total. The number of thiocarbonyl (C=S) groups is 1. The van der Waals surface area contributed by atoms with Crippen molar-refractivity contribution in [3.8, 4) is 11.5 Å². The van der Waals surface area contributed by atoms with Gasteiger partial charge in [0.2, 0.25) is 0 Å². The number of anilines is 1. The first-order chi connectivity index (χ1) is 12.2. The molecule has 0 unspecified atom stereocenters. The molecule has 2 aromatic rings. The smallest absolute Gasteiger partial charge is 0.416 e. The molecule has 0 amide bonds. The highest BCUT2D eigenvalue weighted by molar-refractivity contribution is 7.80. The van der Waals surface area contributed by atoms with Crippen molar-refractivity contribution in [1.29, 1.82) is 0 Å². The predicted molar refractivity (Wildman–Crippen MR) is 94.0 cm³/mol. The third-order valence-electron chi connectivity index (χ3n) is 3.39. The molecule has 0 radical (unpaired) electrons. The summed E-state index contributed by atoms with van der Waals surface area (Å²) in [4.78, 5) is 0. The van der Waals surface area contributed by atoms with Crippen molar-refractivity contribution in [2.45, 2.75) is 12.7 Å². The van der Waals surface area contributed by atoms with Crippen LogP contribution in [0.15, 0.2) is 36.4 Å². The molecule has 0 saturated carbocycles. The van der Waals surface area contributed by atoms with E-state index in [1.807, 2.05) is 0 Å². The quantitative estimate of drug-likeness (QED) is 0.589. The average Bonchev–Trinajstić information content (AvgIpc) is 2.59. The number of alkyl halides is 3. The number of hydrogen-bond donors (Lipinski definition) is 2. The summed E-state index contributed by atoms with van der Waals surface area (Å²) in [6.07, 6.45) is -4.62. The molecule has 0 bridgehead atoms. The average molecular weight is 388 g/mol. The number of halogens is 4. The van der Waals surface area contributed by atoms with Crippen molar-refractivity contribution < 1.29 is 27.0 Å². The van der Waals surface area contributed by atoms with Crippen molar-refractivity contribution >= 4 is 23.0 Å². The second-order valence-corrected chi connectivity index (χ2v) is 5.63. The Labute approximate surface area is 153 Å². The predicted octanol–water partition coefficient (Wildman–Crippen LogP) is 4.35. The van der Waals surface area contributed by atoms with Crippen LogP contribution in [0.4, 0.5) is 23.2 Å². The maximum atomic E-state index is 13.4. The fourth-order valence-corrected chi connectivity index (χ4v) is 2.35. The van der Waals surface area contributed by atoms with Crippen LogP contribution >= 0.6 is 12.2 Å². The first kappa shape index (κ1) is 19.8. The first-order valence-electron chi connectivity index (χ1n) is 7.36. The lowest BCUT2D eigenvalue weighted by Crippen LogP contribution is -2.28. The van der Waals surface area contributed by atoms with E-state index in [1.165, 1.54) is 14.2 Å². The van der Waals surface area contributed by atoms with E-state index in [4.69, 9.17) is 21.7 Å². The highest BCUT2D eigenvalue weighted by Gasteiger charge is 2.31. The molecule has 0 fully saturated rings. The van der Waals surface area contributed by atoms with Gasteiger partial charge >= 0.3 is 6.18 Å². The second-order valence-electron chi connectivity index (χ2n) is 5.22. The van der Waals surface area contributed by atoms with Crippen LogP contribution in [0, 0.1) is 5.82 Å². The summed E-state index contributed by atoms with van der Waals surface area (Å²) in [5.41, 5.74) is -0.394. The molecule has 2 N–H and O–H groups in total. The Morgan fingerprint density at radius 1 is 1.08 bits per heavy atom. The number of methoxy groups -OCH3 is 2. The van der Waals surface area contributed by atoms with Gasteiger partial charge in [-0.05, 0) is 48.1 Å². The highest BCUT2D eigenvalue weighted by atomic mass is 32.1. The first-order valence-corrected chi connectivity index (χ1v) is 7.77. The molecule has 0 aliphatic rings. The zero-order valence-corrected chi connectivity index (χ0v) is 14.7. The van der Waals surface area contributed by atoms with E-state index in [0.717, 1.165) is 12.1 Å². The minimum absolute atomic E-state index is 0.0782. The van der Waals surface area contributed by atoms with Gasteiger partial charge in [0.15, 0.2) is 5.11 Å². The number of rotatable bonds is 5. The van der Waals surface area contributed by atoms with Gasteiger partial charge in [-0.1, -0.05) is 0 Å². The number of ether oxygens (including phenoxy) is 2. The third-order valence-corrected chi connectivity index (χ3v) is 3.64. The summed E-state index contributed by atoms with van der Waals surface area (Å²) in [5.74, 6) is 0.0941. The Bertz CT molecular complexity index is 797. The molecular weight excluding hydrogens is 372 g/mol. The monoisotopic (exact) mass is 388 g/mol. The summed E-state index contributed by atoms with van der Waals surface area (Å²) in [6.45, 7) is -0.0782. The lowest BCUT2D eigenvalue weighted by Gasteiger charge is -2.15. The van der Waals surface area contributed by atoms with Gasteiger partial charge in [0, 0.05) is 12.6 Å². The Hall–Kier alpha value is -2.55. The van der Waals surface area contributed by atoms with Crippen LogP contribution in [-0.2, 0) is 12.7 Å². The van der Waals surface area contributed by atoms with Crippen molar-refractivity contribution in [2.75, 3.05) is 19.5 Å². The van der Waals surface area contributed by atoms with Crippen LogP contribution in [-0.4, -0.2) is 19.3 Å². The van der Waals surface area contributed by atoms with Crippen molar-refractivity contribution in [3.63, 3.8) is 0 Å². The standard InChI is InChI=1S/C17H16F4N2O2S/c1-24-13-3-4-14(15(8-13)25-2)23-16(26)22-9-10-5-11(17(19,20)21)7-12(18)6-10/h3-8H,9H2,1-2H3,(H2,22,23,26). The van der Waals surface area contributed by atoms with Crippen LogP contribution in [0.5, 0.6) is 11.5 Å². The van der Waals surface area contributed by atoms with Crippen molar-refractivity contribution in [3.05, 3.63) is 53.3 Å². The van der Waals surface area contributed by atoms with Gasteiger partial charge in [-0.15, -0.1) is 0 Å². The van der Waals surface area contributed by atoms with Gasteiger partial charge in [-0.25, -0.2) is 4.39 Å². The number of hydrogen-bond acceptors (Lipinski definition) is 3. The summed E-state index contributed by atoms with van der Waals surface area (Å²) in [7, 11) is 2.99. The van der Waals surface area contributed by atoms with Crippen LogP contribution in [0.2, 0.25) is 0 Å². The topological polar surface area (TPSA) is 42.5 Å². The number of nitrogens with one attached hydrogen (secondary N) is 2. The molecule has 0 atom stereocenters. The lowest BCUT2D eigenvalue weighted by atomic mass is 10.1.